The van der Waals surface area contributed by atoms with Crippen molar-refractivity contribution in [3.63, 3.8) is 0 Å². The van der Waals surface area contributed by atoms with Crippen LogP contribution >= 0.6 is 0 Å². The Hall–Kier alpha value is -3.66. The Bertz CT molecular complexity index is 1360. The first-order chi connectivity index (χ1) is 13.7. The third-order valence-electron chi connectivity index (χ3n) is 5.14. The Balaban J connectivity index is 1.61. The molecule has 0 aliphatic heterocycles. The van der Waals surface area contributed by atoms with Crippen molar-refractivity contribution in [3.8, 4) is 11.3 Å². The van der Waals surface area contributed by atoms with Gasteiger partial charge in [0.25, 0.3) is 5.56 Å². The maximum atomic E-state index is 13.0. The van der Waals surface area contributed by atoms with Crippen LogP contribution in [0.2, 0.25) is 0 Å². The molecule has 4 nitrogen and oxygen atoms in total. The maximum Gasteiger partial charge on any atom is 0.276 e. The lowest BCUT2D eigenvalue weighted by atomic mass is 10.0. The summed E-state index contributed by atoms with van der Waals surface area (Å²) in [6, 6.07) is 24.5. The zero-order chi connectivity index (χ0) is 19.1. The molecular weight excluding hydrogens is 346 g/mol. The van der Waals surface area contributed by atoms with Gasteiger partial charge < -0.3 is 4.57 Å². The minimum absolute atomic E-state index is 0.0398. The Morgan fingerprint density at radius 3 is 2.54 bits per heavy atom. The van der Waals surface area contributed by atoms with Gasteiger partial charge in [0.2, 0.25) is 0 Å². The van der Waals surface area contributed by atoms with E-state index in [1.54, 1.807) is 15.3 Å². The van der Waals surface area contributed by atoms with Gasteiger partial charge in [-0.25, -0.2) is 4.52 Å². The summed E-state index contributed by atoms with van der Waals surface area (Å²) < 4.78 is 3.40. The first kappa shape index (κ1) is 16.5. The van der Waals surface area contributed by atoms with E-state index in [0.29, 0.717) is 12.1 Å². The molecule has 3 aromatic carbocycles. The number of hydrogen-bond acceptors (Lipinski definition) is 2. The first-order valence-corrected chi connectivity index (χ1v) is 9.31. The molecule has 5 aromatic rings. The van der Waals surface area contributed by atoms with Gasteiger partial charge in [0.1, 0.15) is 5.52 Å². The van der Waals surface area contributed by atoms with Crippen molar-refractivity contribution < 1.29 is 0 Å². The van der Waals surface area contributed by atoms with Crippen LogP contribution in [0.4, 0.5) is 0 Å². The highest BCUT2D eigenvalue weighted by atomic mass is 16.1. The van der Waals surface area contributed by atoms with Crippen molar-refractivity contribution in [1.82, 2.24) is 14.2 Å². The fraction of sp³-hybridized carbons (Fsp3) is 0.0833. The van der Waals surface area contributed by atoms with Crippen LogP contribution in [-0.2, 0) is 6.54 Å². The second kappa shape index (κ2) is 6.50. The SMILES string of the molecule is Cc1ccc(Cn2ccn3nc(-c4cccc5ccccc45)cc3c2=O)cc1. The molecule has 136 valence electrons. The van der Waals surface area contributed by atoms with E-state index < -0.39 is 0 Å². The van der Waals surface area contributed by atoms with Crippen LogP contribution in [0.1, 0.15) is 11.1 Å². The molecule has 0 saturated heterocycles. The van der Waals surface area contributed by atoms with Gasteiger partial charge in [-0.2, -0.15) is 5.10 Å². The van der Waals surface area contributed by atoms with Gasteiger partial charge >= 0.3 is 0 Å². The molecule has 0 unspecified atom stereocenters. The lowest BCUT2D eigenvalue weighted by Gasteiger charge is -2.06. The van der Waals surface area contributed by atoms with Crippen molar-refractivity contribution in [1.29, 1.82) is 0 Å². The zero-order valence-corrected chi connectivity index (χ0v) is 15.5. The quantitative estimate of drug-likeness (QED) is 0.466. The topological polar surface area (TPSA) is 39.3 Å². The number of aryl methyl sites for hydroxylation is 1. The van der Waals surface area contributed by atoms with Gasteiger partial charge in [-0.3, -0.25) is 4.79 Å². The van der Waals surface area contributed by atoms with Crippen molar-refractivity contribution >= 4 is 16.3 Å². The minimum Gasteiger partial charge on any atom is -0.308 e. The van der Waals surface area contributed by atoms with E-state index in [2.05, 4.69) is 60.6 Å². The molecule has 0 saturated carbocycles. The molecule has 0 N–H and O–H groups in total. The Labute approximate surface area is 162 Å². The molecular formula is C24H19N3O. The normalized spacial score (nSPS) is 11.3. The molecule has 0 atom stereocenters. The van der Waals surface area contributed by atoms with E-state index in [0.717, 1.165) is 27.6 Å². The van der Waals surface area contributed by atoms with Crippen molar-refractivity contribution in [2.24, 2.45) is 0 Å². The van der Waals surface area contributed by atoms with Crippen LogP contribution in [0.15, 0.2) is 90.0 Å². The van der Waals surface area contributed by atoms with Crippen molar-refractivity contribution in [2.45, 2.75) is 13.5 Å². The molecule has 4 heteroatoms. The summed E-state index contributed by atoms with van der Waals surface area (Å²) in [6.45, 7) is 2.60. The van der Waals surface area contributed by atoms with Gasteiger partial charge in [-0.15, -0.1) is 0 Å². The summed E-state index contributed by atoms with van der Waals surface area (Å²) in [5.41, 5.74) is 4.70. The summed E-state index contributed by atoms with van der Waals surface area (Å²) >= 11 is 0. The summed E-state index contributed by atoms with van der Waals surface area (Å²) in [7, 11) is 0. The third-order valence-corrected chi connectivity index (χ3v) is 5.14. The van der Waals surface area contributed by atoms with Crippen LogP contribution in [0, 0.1) is 6.92 Å². The predicted molar refractivity (Wildman–Crippen MR) is 113 cm³/mol. The minimum atomic E-state index is -0.0398. The van der Waals surface area contributed by atoms with Gasteiger partial charge in [-0.05, 0) is 29.3 Å². The highest BCUT2D eigenvalue weighted by Crippen LogP contribution is 2.27. The lowest BCUT2D eigenvalue weighted by molar-refractivity contribution is 0.743. The number of aromatic nitrogens is 3. The van der Waals surface area contributed by atoms with Crippen LogP contribution in [0.5, 0.6) is 0 Å². The van der Waals surface area contributed by atoms with E-state index >= 15 is 0 Å². The molecule has 5 rings (SSSR count). The first-order valence-electron chi connectivity index (χ1n) is 9.31. The summed E-state index contributed by atoms with van der Waals surface area (Å²) in [5, 5.41) is 6.95. The Kier molecular flexibility index (Phi) is 3.83. The van der Waals surface area contributed by atoms with E-state index in [9.17, 15) is 4.79 Å². The molecule has 28 heavy (non-hydrogen) atoms. The average Bonchev–Trinajstić information content (AvgIpc) is 3.16. The maximum absolute atomic E-state index is 13.0. The molecule has 2 heterocycles. The second-order valence-corrected chi connectivity index (χ2v) is 7.10. The molecule has 0 aliphatic rings. The summed E-state index contributed by atoms with van der Waals surface area (Å²) in [6.07, 6.45) is 3.65. The highest BCUT2D eigenvalue weighted by molar-refractivity contribution is 5.96. The van der Waals surface area contributed by atoms with Crippen LogP contribution < -0.4 is 5.56 Å². The molecule has 2 aromatic heterocycles. The van der Waals surface area contributed by atoms with Gasteiger partial charge in [-0.1, -0.05) is 72.3 Å². The summed E-state index contributed by atoms with van der Waals surface area (Å²) in [5.74, 6) is 0. The number of fused-ring (bicyclic) bond motifs is 2. The largest absolute Gasteiger partial charge is 0.308 e. The fourth-order valence-electron chi connectivity index (χ4n) is 3.62. The Morgan fingerprint density at radius 1 is 0.893 bits per heavy atom. The molecule has 0 radical (unpaired) electrons. The van der Waals surface area contributed by atoms with Gasteiger partial charge in [0.05, 0.1) is 12.2 Å². The standard InChI is InChI=1S/C24H19N3O/c1-17-9-11-18(12-10-17)16-26-13-14-27-23(24(26)28)15-22(25-27)21-8-4-6-19-5-2-3-7-20(19)21/h2-15H,16H2,1H3. The number of hydrogen-bond donors (Lipinski definition) is 0. The Morgan fingerprint density at radius 2 is 1.68 bits per heavy atom. The van der Waals surface area contributed by atoms with Gasteiger partial charge in [0, 0.05) is 18.0 Å². The van der Waals surface area contributed by atoms with E-state index in [-0.39, 0.29) is 5.56 Å². The molecule has 0 amide bonds. The predicted octanol–water partition coefficient (Wildman–Crippen LogP) is 4.67. The number of nitrogens with zero attached hydrogens (tertiary/aromatic N) is 3. The van der Waals surface area contributed by atoms with E-state index in [1.165, 1.54) is 5.56 Å². The molecule has 0 aliphatic carbocycles. The van der Waals surface area contributed by atoms with E-state index in [1.807, 2.05) is 30.5 Å². The van der Waals surface area contributed by atoms with Crippen molar-refractivity contribution in [3.05, 3.63) is 107 Å². The van der Waals surface area contributed by atoms with Crippen LogP contribution in [0.3, 0.4) is 0 Å². The van der Waals surface area contributed by atoms with Crippen molar-refractivity contribution in [2.75, 3.05) is 0 Å². The molecule has 0 bridgehead atoms. The van der Waals surface area contributed by atoms with Gasteiger partial charge in [0.15, 0.2) is 0 Å². The average molecular weight is 365 g/mol. The summed E-state index contributed by atoms with van der Waals surface area (Å²) in [4.78, 5) is 13.0. The van der Waals surface area contributed by atoms with E-state index in [4.69, 9.17) is 0 Å². The van der Waals surface area contributed by atoms with Crippen LogP contribution in [0.25, 0.3) is 27.5 Å². The second-order valence-electron chi connectivity index (χ2n) is 7.10. The van der Waals surface area contributed by atoms with Crippen LogP contribution in [-0.4, -0.2) is 14.2 Å². The number of rotatable bonds is 3. The highest BCUT2D eigenvalue weighted by Gasteiger charge is 2.11. The molecule has 0 fully saturated rings. The monoisotopic (exact) mass is 365 g/mol. The zero-order valence-electron chi connectivity index (χ0n) is 15.5. The number of benzene rings is 3. The fourth-order valence-corrected chi connectivity index (χ4v) is 3.62. The smallest absolute Gasteiger partial charge is 0.276 e. The lowest BCUT2D eigenvalue weighted by Crippen LogP contribution is -2.21. The molecule has 0 spiro atoms. The third kappa shape index (κ3) is 2.79.